The SMILES string of the molecule is NC(CCC(=O)O)c1ccc2c(c1F)OCO2. The van der Waals surface area contributed by atoms with Crippen molar-refractivity contribution in [2.75, 3.05) is 6.79 Å². The Labute approximate surface area is 96.9 Å². The second-order valence-corrected chi connectivity index (χ2v) is 3.74. The number of benzene rings is 1. The van der Waals surface area contributed by atoms with Gasteiger partial charge in [0.25, 0.3) is 0 Å². The minimum Gasteiger partial charge on any atom is -0.481 e. The van der Waals surface area contributed by atoms with Crippen LogP contribution >= 0.6 is 0 Å². The molecule has 1 atom stereocenters. The molecule has 0 saturated carbocycles. The average Bonchev–Trinajstić information content (AvgIpc) is 2.75. The third-order valence-electron chi connectivity index (χ3n) is 2.58. The summed E-state index contributed by atoms with van der Waals surface area (Å²) in [7, 11) is 0. The van der Waals surface area contributed by atoms with Crippen molar-refractivity contribution in [2.24, 2.45) is 5.73 Å². The topological polar surface area (TPSA) is 81.8 Å². The van der Waals surface area contributed by atoms with Crippen LogP contribution in [0, 0.1) is 5.82 Å². The standard InChI is InChI=1S/C11H12FNO4/c12-10-6(7(13)2-4-9(14)15)1-3-8-11(10)17-5-16-8/h1,3,7H,2,4-5,13H2,(H,14,15). The van der Waals surface area contributed by atoms with E-state index in [1.54, 1.807) is 6.07 Å². The first-order chi connectivity index (χ1) is 8.09. The van der Waals surface area contributed by atoms with E-state index in [0.29, 0.717) is 5.75 Å². The summed E-state index contributed by atoms with van der Waals surface area (Å²) in [5.41, 5.74) is 5.98. The number of ether oxygens (including phenoxy) is 2. The van der Waals surface area contributed by atoms with Gasteiger partial charge in [-0.2, -0.15) is 0 Å². The van der Waals surface area contributed by atoms with Gasteiger partial charge in [0.2, 0.25) is 12.5 Å². The first kappa shape index (κ1) is 11.7. The Morgan fingerprint density at radius 3 is 3.00 bits per heavy atom. The molecule has 0 fully saturated rings. The van der Waals surface area contributed by atoms with Crippen LogP contribution in [0.1, 0.15) is 24.4 Å². The highest BCUT2D eigenvalue weighted by atomic mass is 19.1. The molecule has 92 valence electrons. The zero-order valence-corrected chi connectivity index (χ0v) is 8.98. The predicted octanol–water partition coefficient (Wildman–Crippen LogP) is 1.42. The Kier molecular flexibility index (Phi) is 3.14. The molecule has 1 aliphatic rings. The highest BCUT2D eigenvalue weighted by molar-refractivity contribution is 5.66. The quantitative estimate of drug-likeness (QED) is 0.833. The number of nitrogens with two attached hydrogens (primary N) is 1. The molecule has 1 heterocycles. The van der Waals surface area contributed by atoms with Crippen molar-refractivity contribution in [1.82, 2.24) is 0 Å². The van der Waals surface area contributed by atoms with Crippen LogP contribution < -0.4 is 15.2 Å². The summed E-state index contributed by atoms with van der Waals surface area (Å²) >= 11 is 0. The van der Waals surface area contributed by atoms with E-state index >= 15 is 0 Å². The van der Waals surface area contributed by atoms with Crippen molar-refractivity contribution in [1.29, 1.82) is 0 Å². The van der Waals surface area contributed by atoms with Crippen LogP contribution in [0.3, 0.4) is 0 Å². The first-order valence-corrected chi connectivity index (χ1v) is 5.15. The van der Waals surface area contributed by atoms with E-state index < -0.39 is 17.8 Å². The second-order valence-electron chi connectivity index (χ2n) is 3.74. The van der Waals surface area contributed by atoms with E-state index in [9.17, 15) is 9.18 Å². The number of aliphatic carboxylic acids is 1. The summed E-state index contributed by atoms with van der Waals surface area (Å²) in [5, 5.41) is 8.54. The maximum Gasteiger partial charge on any atom is 0.303 e. The van der Waals surface area contributed by atoms with Gasteiger partial charge in [-0.25, -0.2) is 4.39 Å². The highest BCUT2D eigenvalue weighted by Gasteiger charge is 2.23. The van der Waals surface area contributed by atoms with Crippen LogP contribution in [0.15, 0.2) is 12.1 Å². The molecule has 1 aromatic rings. The third kappa shape index (κ3) is 2.31. The normalized spacial score (nSPS) is 14.7. The van der Waals surface area contributed by atoms with Crippen molar-refractivity contribution >= 4 is 5.97 Å². The minimum atomic E-state index is -0.957. The van der Waals surface area contributed by atoms with Gasteiger partial charge in [-0.15, -0.1) is 0 Å². The first-order valence-electron chi connectivity index (χ1n) is 5.15. The molecule has 1 aromatic carbocycles. The molecular formula is C11H12FNO4. The van der Waals surface area contributed by atoms with Gasteiger partial charge in [-0.3, -0.25) is 4.79 Å². The van der Waals surface area contributed by atoms with Gasteiger partial charge in [-0.1, -0.05) is 6.07 Å². The third-order valence-corrected chi connectivity index (χ3v) is 2.58. The van der Waals surface area contributed by atoms with Crippen LogP contribution in [0.2, 0.25) is 0 Å². The molecule has 0 saturated heterocycles. The molecule has 0 amide bonds. The molecule has 0 radical (unpaired) electrons. The lowest BCUT2D eigenvalue weighted by molar-refractivity contribution is -0.137. The fraction of sp³-hybridized carbons (Fsp3) is 0.364. The highest BCUT2D eigenvalue weighted by Crippen LogP contribution is 2.38. The number of carboxylic acid groups (broad SMARTS) is 1. The predicted molar refractivity (Wildman–Crippen MR) is 56.3 cm³/mol. The summed E-state index contributed by atoms with van der Waals surface area (Å²) in [4.78, 5) is 10.4. The fourth-order valence-corrected chi connectivity index (χ4v) is 1.67. The monoisotopic (exact) mass is 241 g/mol. The molecule has 1 unspecified atom stereocenters. The Hall–Kier alpha value is -1.82. The molecule has 0 aromatic heterocycles. The van der Waals surface area contributed by atoms with Gasteiger partial charge in [0.15, 0.2) is 11.6 Å². The van der Waals surface area contributed by atoms with Crippen LogP contribution in [-0.2, 0) is 4.79 Å². The van der Waals surface area contributed by atoms with E-state index in [0.717, 1.165) is 0 Å². The van der Waals surface area contributed by atoms with Gasteiger partial charge in [-0.05, 0) is 12.5 Å². The maximum absolute atomic E-state index is 13.9. The average molecular weight is 241 g/mol. The number of carbonyl (C=O) groups is 1. The summed E-state index contributed by atoms with van der Waals surface area (Å²) in [6, 6.07) is 2.40. The molecule has 17 heavy (non-hydrogen) atoms. The summed E-state index contributed by atoms with van der Waals surface area (Å²) in [6.45, 7) is -0.0138. The zero-order valence-electron chi connectivity index (χ0n) is 8.98. The molecule has 0 bridgehead atoms. The minimum absolute atomic E-state index is 0.0138. The number of hydrogen-bond donors (Lipinski definition) is 2. The smallest absolute Gasteiger partial charge is 0.303 e. The van der Waals surface area contributed by atoms with Crippen molar-refractivity contribution in [2.45, 2.75) is 18.9 Å². The Morgan fingerprint density at radius 2 is 2.29 bits per heavy atom. The molecule has 0 spiro atoms. The molecule has 5 nitrogen and oxygen atoms in total. The van der Waals surface area contributed by atoms with Crippen LogP contribution in [0.25, 0.3) is 0 Å². The summed E-state index contributed by atoms with van der Waals surface area (Å²) in [5.74, 6) is -1.13. The van der Waals surface area contributed by atoms with Crippen LogP contribution in [0.4, 0.5) is 4.39 Å². The van der Waals surface area contributed by atoms with E-state index in [1.165, 1.54) is 6.07 Å². The van der Waals surface area contributed by atoms with Gasteiger partial charge >= 0.3 is 5.97 Å². The molecule has 1 aliphatic heterocycles. The largest absolute Gasteiger partial charge is 0.481 e. The van der Waals surface area contributed by atoms with Crippen molar-refractivity contribution < 1.29 is 23.8 Å². The number of fused-ring (bicyclic) bond motifs is 1. The Balaban J connectivity index is 2.18. The lowest BCUT2D eigenvalue weighted by atomic mass is 10.0. The van der Waals surface area contributed by atoms with Gasteiger partial charge in [0.1, 0.15) is 0 Å². The van der Waals surface area contributed by atoms with Crippen molar-refractivity contribution in [3.8, 4) is 11.5 Å². The van der Waals surface area contributed by atoms with E-state index in [4.69, 9.17) is 20.3 Å². The number of halogens is 1. The summed E-state index contributed by atoms with van der Waals surface area (Å²) in [6.07, 6.45) is 0.0704. The zero-order chi connectivity index (χ0) is 12.4. The van der Waals surface area contributed by atoms with Gasteiger partial charge in [0.05, 0.1) is 0 Å². The molecule has 6 heteroatoms. The van der Waals surface area contributed by atoms with E-state index in [2.05, 4.69) is 0 Å². The van der Waals surface area contributed by atoms with Gasteiger partial charge < -0.3 is 20.3 Å². The lowest BCUT2D eigenvalue weighted by Gasteiger charge is -2.12. The van der Waals surface area contributed by atoms with Crippen LogP contribution in [-0.4, -0.2) is 17.9 Å². The Bertz CT molecular complexity index is 449. The molecule has 0 aliphatic carbocycles. The number of rotatable bonds is 4. The maximum atomic E-state index is 13.9. The van der Waals surface area contributed by atoms with Crippen molar-refractivity contribution in [3.63, 3.8) is 0 Å². The van der Waals surface area contributed by atoms with E-state index in [1.807, 2.05) is 0 Å². The van der Waals surface area contributed by atoms with Gasteiger partial charge in [0, 0.05) is 18.0 Å². The molecular weight excluding hydrogens is 229 g/mol. The number of hydrogen-bond acceptors (Lipinski definition) is 4. The Morgan fingerprint density at radius 1 is 1.53 bits per heavy atom. The molecule has 3 N–H and O–H groups in total. The number of carboxylic acids is 1. The van der Waals surface area contributed by atoms with Crippen molar-refractivity contribution in [3.05, 3.63) is 23.5 Å². The molecule has 2 rings (SSSR count). The lowest BCUT2D eigenvalue weighted by Crippen LogP contribution is -2.14. The summed E-state index contributed by atoms with van der Waals surface area (Å²) < 4.78 is 23.9. The second kappa shape index (κ2) is 4.58. The fourth-order valence-electron chi connectivity index (χ4n) is 1.67. The van der Waals surface area contributed by atoms with Crippen LogP contribution in [0.5, 0.6) is 11.5 Å². The van der Waals surface area contributed by atoms with E-state index in [-0.39, 0.29) is 30.9 Å².